The molecule has 1 unspecified atom stereocenters. The summed E-state index contributed by atoms with van der Waals surface area (Å²) in [6.45, 7) is 0.878. The Morgan fingerprint density at radius 1 is 1.32 bits per heavy atom. The first-order valence-electron chi connectivity index (χ1n) is 6.37. The highest BCUT2D eigenvalue weighted by Gasteiger charge is 2.26. The van der Waals surface area contributed by atoms with E-state index < -0.39 is 0 Å². The van der Waals surface area contributed by atoms with Gasteiger partial charge in [0.2, 0.25) is 0 Å². The maximum atomic E-state index is 12.5. The number of hydrogen-bond acceptors (Lipinski definition) is 4. The zero-order valence-corrected chi connectivity index (χ0v) is 11.9. The third kappa shape index (κ3) is 2.85. The molecule has 5 heteroatoms. The third-order valence-corrected chi connectivity index (χ3v) is 3.74. The molecule has 1 N–H and O–H groups in total. The average molecular weight is 284 g/mol. The van der Waals surface area contributed by atoms with Gasteiger partial charge in [-0.3, -0.25) is 4.79 Å². The van der Waals surface area contributed by atoms with Gasteiger partial charge < -0.3 is 14.8 Å². The second-order valence-electron chi connectivity index (χ2n) is 4.53. The van der Waals surface area contributed by atoms with Crippen molar-refractivity contribution < 1.29 is 14.3 Å². The number of rotatable bonds is 4. The summed E-state index contributed by atoms with van der Waals surface area (Å²) < 4.78 is 10.4. The summed E-state index contributed by atoms with van der Waals surface area (Å²) in [6, 6.07) is 3.26. The molecule has 1 saturated heterocycles. The van der Waals surface area contributed by atoms with Crippen LogP contribution in [0, 0.1) is 0 Å². The van der Waals surface area contributed by atoms with Crippen LogP contribution >= 0.6 is 11.6 Å². The highest BCUT2D eigenvalue weighted by Crippen LogP contribution is 2.37. The monoisotopic (exact) mass is 283 g/mol. The SMILES string of the molecule is COc1ccc(C(=O)C2CCCCN2)c(OC)c1Cl. The maximum Gasteiger partial charge on any atom is 0.183 e. The summed E-state index contributed by atoms with van der Waals surface area (Å²) in [5, 5.41) is 3.58. The number of benzene rings is 1. The summed E-state index contributed by atoms with van der Waals surface area (Å²) in [6.07, 6.45) is 3.03. The van der Waals surface area contributed by atoms with E-state index in [4.69, 9.17) is 21.1 Å². The molecular formula is C14H18ClNO3. The molecule has 0 spiro atoms. The van der Waals surface area contributed by atoms with Crippen molar-refractivity contribution in [3.05, 3.63) is 22.7 Å². The quantitative estimate of drug-likeness (QED) is 0.863. The van der Waals surface area contributed by atoms with Gasteiger partial charge in [0, 0.05) is 0 Å². The zero-order chi connectivity index (χ0) is 13.8. The van der Waals surface area contributed by atoms with Crippen LogP contribution in [0.1, 0.15) is 29.6 Å². The predicted molar refractivity (Wildman–Crippen MR) is 74.5 cm³/mol. The lowest BCUT2D eigenvalue weighted by Crippen LogP contribution is -2.40. The van der Waals surface area contributed by atoms with Crippen molar-refractivity contribution in [2.24, 2.45) is 0 Å². The minimum atomic E-state index is -0.146. The van der Waals surface area contributed by atoms with E-state index in [1.807, 2.05) is 0 Å². The number of ether oxygens (including phenoxy) is 2. The van der Waals surface area contributed by atoms with Crippen LogP contribution in [0.2, 0.25) is 5.02 Å². The first kappa shape index (κ1) is 14.2. The number of methoxy groups -OCH3 is 2. The second kappa shape index (κ2) is 6.26. The fourth-order valence-electron chi connectivity index (χ4n) is 2.35. The molecule has 104 valence electrons. The number of carbonyl (C=O) groups is 1. The molecule has 4 nitrogen and oxygen atoms in total. The average Bonchev–Trinajstić information content (AvgIpc) is 2.47. The van der Waals surface area contributed by atoms with E-state index in [-0.39, 0.29) is 11.8 Å². The van der Waals surface area contributed by atoms with Crippen molar-refractivity contribution >= 4 is 17.4 Å². The van der Waals surface area contributed by atoms with Gasteiger partial charge in [-0.2, -0.15) is 0 Å². The minimum absolute atomic E-state index is 0.0288. The van der Waals surface area contributed by atoms with Crippen molar-refractivity contribution in [2.75, 3.05) is 20.8 Å². The molecule has 1 aromatic rings. The van der Waals surface area contributed by atoms with Crippen LogP contribution in [0.15, 0.2) is 12.1 Å². The summed E-state index contributed by atoms with van der Waals surface area (Å²) in [7, 11) is 3.04. The molecule has 0 aromatic heterocycles. The van der Waals surface area contributed by atoms with Crippen molar-refractivity contribution in [2.45, 2.75) is 25.3 Å². The first-order valence-corrected chi connectivity index (χ1v) is 6.75. The molecule has 1 fully saturated rings. The van der Waals surface area contributed by atoms with Crippen LogP contribution in [-0.4, -0.2) is 32.6 Å². The summed E-state index contributed by atoms with van der Waals surface area (Å²) in [5.74, 6) is 0.922. The van der Waals surface area contributed by atoms with Crippen LogP contribution in [-0.2, 0) is 0 Å². The van der Waals surface area contributed by atoms with Gasteiger partial charge in [-0.05, 0) is 31.5 Å². The van der Waals surface area contributed by atoms with Crippen LogP contribution in [0.3, 0.4) is 0 Å². The number of Topliss-reactive ketones (excluding diaryl/α,β-unsaturated/α-hetero) is 1. The Morgan fingerprint density at radius 3 is 2.68 bits per heavy atom. The highest BCUT2D eigenvalue weighted by atomic mass is 35.5. The van der Waals surface area contributed by atoms with E-state index in [1.165, 1.54) is 14.2 Å². The Morgan fingerprint density at radius 2 is 2.11 bits per heavy atom. The number of hydrogen-bond donors (Lipinski definition) is 1. The molecule has 0 saturated carbocycles. The highest BCUT2D eigenvalue weighted by molar-refractivity contribution is 6.34. The van der Waals surface area contributed by atoms with Gasteiger partial charge in [0.25, 0.3) is 0 Å². The Labute approximate surface area is 118 Å². The van der Waals surface area contributed by atoms with E-state index in [0.29, 0.717) is 22.1 Å². The summed E-state index contributed by atoms with van der Waals surface area (Å²) in [5.41, 5.74) is 0.507. The van der Waals surface area contributed by atoms with Crippen LogP contribution < -0.4 is 14.8 Å². The largest absolute Gasteiger partial charge is 0.495 e. The normalized spacial score (nSPS) is 19.0. The minimum Gasteiger partial charge on any atom is -0.495 e. The van der Waals surface area contributed by atoms with E-state index in [1.54, 1.807) is 12.1 Å². The molecule has 0 aliphatic carbocycles. The number of halogens is 1. The van der Waals surface area contributed by atoms with Crippen LogP contribution in [0.25, 0.3) is 0 Å². The molecule has 1 atom stereocenters. The molecule has 0 bridgehead atoms. The van der Waals surface area contributed by atoms with Gasteiger partial charge in [-0.15, -0.1) is 0 Å². The molecule has 19 heavy (non-hydrogen) atoms. The van der Waals surface area contributed by atoms with Crippen LogP contribution in [0.4, 0.5) is 0 Å². The van der Waals surface area contributed by atoms with Gasteiger partial charge in [0.15, 0.2) is 11.5 Å². The van der Waals surface area contributed by atoms with E-state index in [9.17, 15) is 4.79 Å². The molecule has 1 aliphatic rings. The Bertz CT molecular complexity index is 470. The topological polar surface area (TPSA) is 47.6 Å². The Balaban J connectivity index is 2.33. The van der Waals surface area contributed by atoms with Gasteiger partial charge in [-0.1, -0.05) is 18.0 Å². The fraction of sp³-hybridized carbons (Fsp3) is 0.500. The van der Waals surface area contributed by atoms with Crippen molar-refractivity contribution in [1.29, 1.82) is 0 Å². The molecule has 1 aliphatic heterocycles. The lowest BCUT2D eigenvalue weighted by atomic mass is 9.96. The van der Waals surface area contributed by atoms with E-state index in [0.717, 1.165) is 25.8 Å². The summed E-state index contributed by atoms with van der Waals surface area (Å²) >= 11 is 6.17. The summed E-state index contributed by atoms with van der Waals surface area (Å²) in [4.78, 5) is 12.5. The van der Waals surface area contributed by atoms with E-state index >= 15 is 0 Å². The third-order valence-electron chi connectivity index (χ3n) is 3.38. The van der Waals surface area contributed by atoms with Gasteiger partial charge in [0.1, 0.15) is 10.8 Å². The molecule has 1 aromatic carbocycles. The van der Waals surface area contributed by atoms with Gasteiger partial charge >= 0.3 is 0 Å². The molecule has 0 amide bonds. The van der Waals surface area contributed by atoms with E-state index in [2.05, 4.69) is 5.32 Å². The number of piperidine rings is 1. The molecule has 0 radical (unpaired) electrons. The smallest absolute Gasteiger partial charge is 0.183 e. The fourth-order valence-corrected chi connectivity index (χ4v) is 2.67. The molecular weight excluding hydrogens is 266 g/mol. The number of nitrogens with one attached hydrogen (secondary N) is 1. The first-order chi connectivity index (χ1) is 9.19. The lowest BCUT2D eigenvalue weighted by molar-refractivity contribution is 0.0924. The standard InChI is InChI=1S/C14H18ClNO3/c1-18-11-7-6-9(14(19-2)12(11)15)13(17)10-5-3-4-8-16-10/h6-7,10,16H,3-5,8H2,1-2H3. The number of carbonyl (C=O) groups excluding carboxylic acids is 1. The van der Waals surface area contributed by atoms with Gasteiger partial charge in [-0.25, -0.2) is 0 Å². The maximum absolute atomic E-state index is 12.5. The van der Waals surface area contributed by atoms with Crippen molar-refractivity contribution in [1.82, 2.24) is 5.32 Å². The molecule has 2 rings (SSSR count). The number of ketones is 1. The zero-order valence-electron chi connectivity index (χ0n) is 11.2. The van der Waals surface area contributed by atoms with Crippen molar-refractivity contribution in [3.63, 3.8) is 0 Å². The Kier molecular flexibility index (Phi) is 4.66. The predicted octanol–water partition coefficient (Wildman–Crippen LogP) is 2.68. The van der Waals surface area contributed by atoms with Crippen molar-refractivity contribution in [3.8, 4) is 11.5 Å². The van der Waals surface area contributed by atoms with Gasteiger partial charge in [0.05, 0.1) is 25.8 Å². The second-order valence-corrected chi connectivity index (χ2v) is 4.91. The van der Waals surface area contributed by atoms with Crippen LogP contribution in [0.5, 0.6) is 11.5 Å². The Hall–Kier alpha value is -1.26. The lowest BCUT2D eigenvalue weighted by Gasteiger charge is -2.23. The molecule has 1 heterocycles.